The Hall–Kier alpha value is -3.96. The number of carbonyl (C=O) groups is 1. The van der Waals surface area contributed by atoms with Gasteiger partial charge >= 0.3 is 0 Å². The molecule has 0 radical (unpaired) electrons. The van der Waals surface area contributed by atoms with E-state index >= 15 is 0 Å². The molecular formula is C25H21N3O6S2. The quantitative estimate of drug-likeness (QED) is 0.145. The molecule has 4 rings (SSSR count). The number of nitrogens with zero attached hydrogens (tertiary/aromatic N) is 3. The van der Waals surface area contributed by atoms with E-state index in [1.54, 1.807) is 48.5 Å². The number of pyridine rings is 1. The van der Waals surface area contributed by atoms with Gasteiger partial charge in [0.25, 0.3) is 11.6 Å². The Labute approximate surface area is 216 Å². The Morgan fingerprint density at radius 3 is 2.44 bits per heavy atom. The van der Waals surface area contributed by atoms with Crippen molar-refractivity contribution in [3.05, 3.63) is 81.4 Å². The summed E-state index contributed by atoms with van der Waals surface area (Å²) >= 11 is 6.68. The second kappa shape index (κ2) is 11.2. The number of anilines is 1. The van der Waals surface area contributed by atoms with Crippen molar-refractivity contribution in [2.24, 2.45) is 0 Å². The number of rotatable bonds is 9. The number of aromatic nitrogens is 1. The van der Waals surface area contributed by atoms with Crippen molar-refractivity contribution < 1.29 is 23.9 Å². The molecule has 1 aliphatic rings. The highest BCUT2D eigenvalue weighted by atomic mass is 32.2. The topological polar surface area (TPSA) is 104 Å². The molecule has 0 unspecified atom stereocenters. The standard InChI is InChI=1S/C25H21N3O6S2/c1-3-32-19-9-6-17(7-10-19)27-24(29)22(36-25(27)35)14-16-5-11-20(21(13-16)33-4-2)34-23-12-8-18(15-26-23)28(30)31/h5-15H,3-4H2,1-2H3/b22-14-. The Kier molecular flexibility index (Phi) is 7.81. The lowest BCUT2D eigenvalue weighted by atomic mass is 10.1. The van der Waals surface area contributed by atoms with Crippen molar-refractivity contribution in [2.75, 3.05) is 18.1 Å². The monoisotopic (exact) mass is 523 g/mol. The minimum Gasteiger partial charge on any atom is -0.494 e. The van der Waals surface area contributed by atoms with Crippen LogP contribution in [0.3, 0.4) is 0 Å². The summed E-state index contributed by atoms with van der Waals surface area (Å²) in [5, 5.41) is 10.8. The van der Waals surface area contributed by atoms with Crippen LogP contribution in [0.4, 0.5) is 11.4 Å². The summed E-state index contributed by atoms with van der Waals surface area (Å²) in [5.74, 6) is 1.51. The molecule has 0 atom stereocenters. The highest BCUT2D eigenvalue weighted by Gasteiger charge is 2.33. The number of amides is 1. The molecule has 1 aliphatic heterocycles. The summed E-state index contributed by atoms with van der Waals surface area (Å²) in [6, 6.07) is 15.1. The molecule has 0 spiro atoms. The predicted molar refractivity (Wildman–Crippen MR) is 142 cm³/mol. The lowest BCUT2D eigenvalue weighted by Crippen LogP contribution is -2.27. The van der Waals surface area contributed by atoms with Gasteiger partial charge in [-0.1, -0.05) is 30.0 Å². The first kappa shape index (κ1) is 25.1. The number of thiocarbonyl (C=S) groups is 1. The van der Waals surface area contributed by atoms with Crippen LogP contribution in [0.25, 0.3) is 6.08 Å². The molecule has 11 heteroatoms. The van der Waals surface area contributed by atoms with Gasteiger partial charge in [0, 0.05) is 12.1 Å². The summed E-state index contributed by atoms with van der Waals surface area (Å²) in [6.07, 6.45) is 2.86. The van der Waals surface area contributed by atoms with Gasteiger partial charge < -0.3 is 14.2 Å². The van der Waals surface area contributed by atoms with Crippen molar-refractivity contribution in [3.8, 4) is 23.1 Å². The first-order chi connectivity index (χ1) is 17.4. The van der Waals surface area contributed by atoms with Crippen LogP contribution in [0.2, 0.25) is 0 Å². The van der Waals surface area contributed by atoms with Crippen LogP contribution >= 0.6 is 24.0 Å². The molecule has 36 heavy (non-hydrogen) atoms. The molecule has 3 aromatic rings. The van der Waals surface area contributed by atoms with Gasteiger partial charge in [-0.3, -0.25) is 19.8 Å². The smallest absolute Gasteiger partial charge is 0.287 e. The summed E-state index contributed by atoms with van der Waals surface area (Å²) in [5.41, 5.74) is 1.25. The molecule has 2 aromatic carbocycles. The van der Waals surface area contributed by atoms with E-state index in [1.165, 1.54) is 28.8 Å². The SMILES string of the molecule is CCOc1ccc(N2C(=O)/C(=C/c3ccc(Oc4ccc([N+](=O)[O-])cn4)c(OCC)c3)SC2=S)cc1. The zero-order chi connectivity index (χ0) is 25.7. The average molecular weight is 524 g/mol. The van der Waals surface area contributed by atoms with E-state index in [0.29, 0.717) is 39.6 Å². The normalized spacial score (nSPS) is 14.3. The van der Waals surface area contributed by atoms with Crippen molar-refractivity contribution in [2.45, 2.75) is 13.8 Å². The second-order valence-corrected chi connectivity index (χ2v) is 8.97. The average Bonchev–Trinajstić information content (AvgIpc) is 3.14. The Balaban J connectivity index is 1.55. The van der Waals surface area contributed by atoms with Crippen LogP contribution in [0.1, 0.15) is 19.4 Å². The Bertz CT molecular complexity index is 1330. The number of carbonyl (C=O) groups excluding carboxylic acids is 1. The first-order valence-corrected chi connectivity index (χ1v) is 12.2. The van der Waals surface area contributed by atoms with Crippen LogP contribution in [-0.2, 0) is 4.79 Å². The number of hydrogen-bond acceptors (Lipinski definition) is 9. The lowest BCUT2D eigenvalue weighted by Gasteiger charge is -2.15. The van der Waals surface area contributed by atoms with Gasteiger partial charge in [-0.15, -0.1) is 0 Å². The fourth-order valence-corrected chi connectivity index (χ4v) is 4.62. The van der Waals surface area contributed by atoms with E-state index in [4.69, 9.17) is 26.4 Å². The van der Waals surface area contributed by atoms with Gasteiger partial charge in [0.05, 0.1) is 28.7 Å². The summed E-state index contributed by atoms with van der Waals surface area (Å²) in [4.78, 5) is 29.4. The molecule has 0 bridgehead atoms. The van der Waals surface area contributed by atoms with E-state index in [1.807, 2.05) is 13.8 Å². The maximum Gasteiger partial charge on any atom is 0.287 e. The minimum atomic E-state index is -0.532. The molecule has 2 heterocycles. The third kappa shape index (κ3) is 5.64. The predicted octanol–water partition coefficient (Wildman–Crippen LogP) is 5.99. The fraction of sp³-hybridized carbons (Fsp3) is 0.160. The van der Waals surface area contributed by atoms with E-state index in [-0.39, 0.29) is 17.5 Å². The molecule has 1 aromatic heterocycles. The van der Waals surface area contributed by atoms with E-state index < -0.39 is 4.92 Å². The molecule has 0 N–H and O–H groups in total. The maximum absolute atomic E-state index is 13.1. The highest BCUT2D eigenvalue weighted by molar-refractivity contribution is 8.27. The van der Waals surface area contributed by atoms with E-state index in [0.717, 1.165) is 17.5 Å². The minimum absolute atomic E-state index is 0.134. The fourth-order valence-electron chi connectivity index (χ4n) is 3.32. The summed E-state index contributed by atoms with van der Waals surface area (Å²) in [7, 11) is 0. The van der Waals surface area contributed by atoms with Gasteiger partial charge in [-0.2, -0.15) is 0 Å². The largest absolute Gasteiger partial charge is 0.494 e. The van der Waals surface area contributed by atoms with E-state index in [9.17, 15) is 14.9 Å². The third-order valence-corrected chi connectivity index (χ3v) is 6.21. The zero-order valence-corrected chi connectivity index (χ0v) is 21.0. The third-order valence-electron chi connectivity index (χ3n) is 4.91. The molecular weight excluding hydrogens is 502 g/mol. The molecule has 1 saturated heterocycles. The number of ether oxygens (including phenoxy) is 3. The van der Waals surface area contributed by atoms with Gasteiger partial charge in [0.2, 0.25) is 5.88 Å². The van der Waals surface area contributed by atoms with Crippen molar-refractivity contribution >= 4 is 51.7 Å². The first-order valence-electron chi connectivity index (χ1n) is 11.0. The van der Waals surface area contributed by atoms with Gasteiger partial charge in [-0.25, -0.2) is 4.98 Å². The van der Waals surface area contributed by atoms with Crippen molar-refractivity contribution in [1.82, 2.24) is 4.98 Å². The molecule has 184 valence electrons. The van der Waals surface area contributed by atoms with Crippen LogP contribution in [0.15, 0.2) is 65.7 Å². The van der Waals surface area contributed by atoms with Gasteiger partial charge in [-0.05, 0) is 61.9 Å². The van der Waals surface area contributed by atoms with Crippen LogP contribution < -0.4 is 19.1 Å². The lowest BCUT2D eigenvalue weighted by molar-refractivity contribution is -0.385. The summed E-state index contributed by atoms with van der Waals surface area (Å²) in [6.45, 7) is 4.68. The summed E-state index contributed by atoms with van der Waals surface area (Å²) < 4.78 is 17.4. The molecule has 0 saturated carbocycles. The molecule has 9 nitrogen and oxygen atoms in total. The van der Waals surface area contributed by atoms with Crippen molar-refractivity contribution in [3.63, 3.8) is 0 Å². The number of hydrogen-bond donors (Lipinski definition) is 0. The Morgan fingerprint density at radius 2 is 1.81 bits per heavy atom. The Morgan fingerprint density at radius 1 is 1.06 bits per heavy atom. The molecule has 0 aliphatic carbocycles. The molecule has 1 fully saturated rings. The number of benzene rings is 2. The van der Waals surface area contributed by atoms with Crippen molar-refractivity contribution in [1.29, 1.82) is 0 Å². The second-order valence-electron chi connectivity index (χ2n) is 7.30. The number of nitro groups is 1. The van der Waals surface area contributed by atoms with Gasteiger partial charge in [0.1, 0.15) is 11.9 Å². The number of thioether (sulfide) groups is 1. The zero-order valence-electron chi connectivity index (χ0n) is 19.4. The van der Waals surface area contributed by atoms with Crippen LogP contribution in [-0.4, -0.2) is 33.3 Å². The van der Waals surface area contributed by atoms with E-state index in [2.05, 4.69) is 4.98 Å². The highest BCUT2D eigenvalue weighted by Crippen LogP contribution is 2.38. The van der Waals surface area contributed by atoms with Gasteiger partial charge in [0.15, 0.2) is 15.8 Å². The maximum atomic E-state index is 13.1. The van der Waals surface area contributed by atoms with Crippen LogP contribution in [0.5, 0.6) is 23.1 Å². The molecule has 1 amide bonds. The van der Waals surface area contributed by atoms with Crippen LogP contribution in [0, 0.1) is 10.1 Å².